The van der Waals surface area contributed by atoms with Gasteiger partial charge < -0.3 is 4.74 Å². The van der Waals surface area contributed by atoms with E-state index in [1.54, 1.807) is 30.1 Å². The number of halogens is 1. The number of aromatic nitrogens is 2. The van der Waals surface area contributed by atoms with Gasteiger partial charge in [-0.1, -0.05) is 28.1 Å². The van der Waals surface area contributed by atoms with Crippen LogP contribution in [-0.4, -0.2) is 28.0 Å². The van der Waals surface area contributed by atoms with Gasteiger partial charge in [0.1, 0.15) is 11.4 Å². The minimum atomic E-state index is -0.420. The second-order valence-electron chi connectivity index (χ2n) is 7.01. The van der Waals surface area contributed by atoms with Gasteiger partial charge in [-0.15, -0.1) is 0 Å². The highest BCUT2D eigenvalue weighted by Crippen LogP contribution is 2.31. The van der Waals surface area contributed by atoms with E-state index in [2.05, 4.69) is 27.1 Å². The summed E-state index contributed by atoms with van der Waals surface area (Å²) in [6.45, 7) is 3.81. The number of aryl methyl sites for hydroxylation is 1. The number of nitro benzene ring substituents is 1. The van der Waals surface area contributed by atoms with Crippen molar-refractivity contribution in [2.24, 2.45) is 4.99 Å². The molecule has 4 aromatic rings. The first-order valence-corrected chi connectivity index (χ1v) is 10.3. The van der Waals surface area contributed by atoms with E-state index in [4.69, 9.17) is 9.73 Å². The molecule has 1 aromatic heterocycles. The van der Waals surface area contributed by atoms with Gasteiger partial charge >= 0.3 is 0 Å². The van der Waals surface area contributed by atoms with Crippen LogP contribution >= 0.6 is 15.9 Å². The maximum absolute atomic E-state index is 10.9. The largest absolute Gasteiger partial charge is 0.496 e. The van der Waals surface area contributed by atoms with E-state index in [-0.39, 0.29) is 5.69 Å². The van der Waals surface area contributed by atoms with Gasteiger partial charge in [-0.05, 0) is 55.0 Å². The highest BCUT2D eigenvalue weighted by atomic mass is 79.9. The third-order valence-corrected chi connectivity index (χ3v) is 5.58. The average Bonchev–Trinajstić information content (AvgIpc) is 3.05. The molecular weight excluding hydrogens is 460 g/mol. The van der Waals surface area contributed by atoms with Gasteiger partial charge in [0, 0.05) is 28.4 Å². The molecule has 7 nitrogen and oxygen atoms in total. The summed E-state index contributed by atoms with van der Waals surface area (Å²) in [6, 6.07) is 16.3. The molecular formula is C23H19BrN4O3. The van der Waals surface area contributed by atoms with Crippen molar-refractivity contribution in [1.29, 1.82) is 0 Å². The Hall–Kier alpha value is -3.52. The normalized spacial score (nSPS) is 11.4. The minimum absolute atomic E-state index is 0.0400. The molecule has 0 bridgehead atoms. The molecule has 8 heteroatoms. The number of ether oxygens (including phenoxy) is 1. The molecule has 0 saturated carbocycles. The maximum atomic E-state index is 10.9. The van der Waals surface area contributed by atoms with Gasteiger partial charge in [-0.2, -0.15) is 5.10 Å². The van der Waals surface area contributed by atoms with Gasteiger partial charge in [-0.3, -0.25) is 15.1 Å². The lowest BCUT2D eigenvalue weighted by Gasteiger charge is -2.09. The Morgan fingerprint density at radius 1 is 1.13 bits per heavy atom. The summed E-state index contributed by atoms with van der Waals surface area (Å²) in [4.78, 5) is 15.2. The fourth-order valence-corrected chi connectivity index (χ4v) is 3.91. The van der Waals surface area contributed by atoms with E-state index >= 15 is 0 Å². The molecule has 4 rings (SSSR count). The third kappa shape index (κ3) is 3.94. The molecule has 0 N–H and O–H groups in total. The van der Waals surface area contributed by atoms with Crippen molar-refractivity contribution in [3.8, 4) is 11.4 Å². The van der Waals surface area contributed by atoms with E-state index in [0.29, 0.717) is 0 Å². The quantitative estimate of drug-likeness (QED) is 0.198. The number of aliphatic imine (C=N–C) groups is 1. The molecule has 0 spiro atoms. The molecule has 0 aliphatic heterocycles. The highest BCUT2D eigenvalue weighted by molar-refractivity contribution is 9.10. The summed E-state index contributed by atoms with van der Waals surface area (Å²) < 4.78 is 8.30. The molecule has 3 aromatic carbocycles. The zero-order valence-corrected chi connectivity index (χ0v) is 18.8. The molecule has 31 heavy (non-hydrogen) atoms. The summed E-state index contributed by atoms with van der Waals surface area (Å²) >= 11 is 3.51. The average molecular weight is 479 g/mol. The number of benzene rings is 3. The monoisotopic (exact) mass is 478 g/mol. The summed E-state index contributed by atoms with van der Waals surface area (Å²) in [5.41, 5.74) is 4.00. The van der Waals surface area contributed by atoms with Gasteiger partial charge in [0.25, 0.3) is 5.69 Å². The Balaban J connectivity index is 1.76. The number of non-ortho nitro benzene ring substituents is 1. The van der Waals surface area contributed by atoms with Crippen LogP contribution in [0.4, 0.5) is 11.4 Å². The molecule has 156 valence electrons. The summed E-state index contributed by atoms with van der Waals surface area (Å²) in [6.07, 6.45) is 1.80. The van der Waals surface area contributed by atoms with E-state index in [1.807, 2.05) is 38.1 Å². The van der Waals surface area contributed by atoms with Crippen LogP contribution < -0.4 is 4.74 Å². The van der Waals surface area contributed by atoms with Crippen LogP contribution in [0.3, 0.4) is 0 Å². The maximum Gasteiger partial charge on any atom is 0.269 e. The van der Waals surface area contributed by atoms with Gasteiger partial charge in [0.05, 0.1) is 29.1 Å². The van der Waals surface area contributed by atoms with Crippen molar-refractivity contribution >= 4 is 44.3 Å². The van der Waals surface area contributed by atoms with E-state index in [9.17, 15) is 10.1 Å². The van der Waals surface area contributed by atoms with Crippen molar-refractivity contribution in [2.75, 3.05) is 7.11 Å². The van der Waals surface area contributed by atoms with Crippen LogP contribution in [0.2, 0.25) is 0 Å². The SMILES string of the molecule is COc1ccc2cc(Br)ccc2c1C=Nc1c(C)nn(-c2ccc([N+](=O)[O-])cc2)c1C. The van der Waals surface area contributed by atoms with Crippen molar-refractivity contribution in [1.82, 2.24) is 9.78 Å². The molecule has 0 aliphatic carbocycles. The Bertz CT molecular complexity index is 1330. The molecule has 0 radical (unpaired) electrons. The van der Waals surface area contributed by atoms with Crippen LogP contribution in [0.25, 0.3) is 16.5 Å². The van der Waals surface area contributed by atoms with Gasteiger partial charge in [0.2, 0.25) is 0 Å². The number of methoxy groups -OCH3 is 1. The number of hydrogen-bond donors (Lipinski definition) is 0. The number of nitro groups is 1. The Morgan fingerprint density at radius 3 is 2.55 bits per heavy atom. The van der Waals surface area contributed by atoms with Gasteiger partial charge in [-0.25, -0.2) is 4.68 Å². The minimum Gasteiger partial charge on any atom is -0.496 e. The molecule has 0 fully saturated rings. The lowest BCUT2D eigenvalue weighted by molar-refractivity contribution is -0.384. The molecule has 0 aliphatic rings. The number of nitrogens with zero attached hydrogens (tertiary/aromatic N) is 4. The highest BCUT2D eigenvalue weighted by Gasteiger charge is 2.14. The Labute approximate surface area is 187 Å². The number of rotatable bonds is 5. The first-order chi connectivity index (χ1) is 14.9. The summed E-state index contributed by atoms with van der Waals surface area (Å²) in [7, 11) is 1.64. The second kappa shape index (κ2) is 8.31. The third-order valence-electron chi connectivity index (χ3n) is 5.08. The van der Waals surface area contributed by atoms with E-state index in [0.717, 1.165) is 49.3 Å². The fourth-order valence-electron chi connectivity index (χ4n) is 3.53. The molecule has 1 heterocycles. The smallest absolute Gasteiger partial charge is 0.269 e. The summed E-state index contributed by atoms with van der Waals surface area (Å²) in [5.74, 6) is 0.733. The topological polar surface area (TPSA) is 82.5 Å². The zero-order valence-electron chi connectivity index (χ0n) is 17.2. The van der Waals surface area contributed by atoms with Crippen molar-refractivity contribution < 1.29 is 9.66 Å². The zero-order chi connectivity index (χ0) is 22.1. The molecule has 0 atom stereocenters. The van der Waals surface area contributed by atoms with Crippen molar-refractivity contribution in [3.63, 3.8) is 0 Å². The number of hydrogen-bond acceptors (Lipinski definition) is 5. The van der Waals surface area contributed by atoms with Crippen molar-refractivity contribution in [2.45, 2.75) is 13.8 Å². The molecule has 0 saturated heterocycles. The number of fused-ring (bicyclic) bond motifs is 1. The standard InChI is InChI=1S/C23H19BrN4O3/c1-14-23(15(2)27(26-14)18-6-8-19(9-7-18)28(29)30)25-13-21-20-10-5-17(24)12-16(20)4-11-22(21)31-3/h4-13H,1-3H3. The molecule has 0 unspecified atom stereocenters. The summed E-state index contributed by atoms with van der Waals surface area (Å²) in [5, 5.41) is 17.6. The van der Waals surface area contributed by atoms with Gasteiger partial charge in [0.15, 0.2) is 0 Å². The van der Waals surface area contributed by atoms with Crippen LogP contribution in [0.1, 0.15) is 17.0 Å². The van der Waals surface area contributed by atoms with Crippen LogP contribution in [0, 0.1) is 24.0 Å². The first-order valence-electron chi connectivity index (χ1n) is 9.50. The van der Waals surface area contributed by atoms with Crippen molar-refractivity contribution in [3.05, 3.63) is 86.1 Å². The predicted molar refractivity (Wildman–Crippen MR) is 125 cm³/mol. The first kappa shape index (κ1) is 20.7. The predicted octanol–water partition coefficient (Wildman–Crippen LogP) is 6.07. The lowest BCUT2D eigenvalue weighted by atomic mass is 10.0. The van der Waals surface area contributed by atoms with Crippen LogP contribution in [0.5, 0.6) is 5.75 Å². The Morgan fingerprint density at radius 2 is 1.87 bits per heavy atom. The Kier molecular flexibility index (Phi) is 5.56. The fraction of sp³-hybridized carbons (Fsp3) is 0.130. The van der Waals surface area contributed by atoms with E-state index < -0.39 is 4.92 Å². The lowest BCUT2D eigenvalue weighted by Crippen LogP contribution is -1.99. The van der Waals surface area contributed by atoms with E-state index in [1.165, 1.54) is 12.1 Å². The van der Waals surface area contributed by atoms with Crippen LogP contribution in [-0.2, 0) is 0 Å². The van der Waals surface area contributed by atoms with Crippen LogP contribution in [0.15, 0.2) is 64.1 Å². The second-order valence-corrected chi connectivity index (χ2v) is 7.93. The molecule has 0 amide bonds.